The van der Waals surface area contributed by atoms with Crippen molar-refractivity contribution in [2.75, 3.05) is 6.54 Å². The Morgan fingerprint density at radius 3 is 2.44 bits per heavy atom. The van der Waals surface area contributed by atoms with E-state index in [2.05, 4.69) is 19.2 Å². The maximum atomic E-state index is 5.98. The lowest BCUT2D eigenvalue weighted by Gasteiger charge is -2.11. The van der Waals surface area contributed by atoms with Gasteiger partial charge in [0.05, 0.1) is 5.50 Å². The topological polar surface area (TPSA) is 12.0 Å². The molecule has 0 aromatic rings. The van der Waals surface area contributed by atoms with Gasteiger partial charge in [0.25, 0.3) is 0 Å². The van der Waals surface area contributed by atoms with Gasteiger partial charge in [-0.1, -0.05) is 13.8 Å². The van der Waals surface area contributed by atoms with Gasteiger partial charge < -0.3 is 5.32 Å². The number of piperidine rings is 1. The molecule has 1 N–H and O–H groups in total. The molecule has 0 aromatic heterocycles. The fourth-order valence-electron chi connectivity index (χ4n) is 2.12. The van der Waals surface area contributed by atoms with Crippen LogP contribution in [0.3, 0.4) is 0 Å². The van der Waals surface area contributed by atoms with Crippen LogP contribution in [-0.4, -0.2) is 12.0 Å². The predicted molar refractivity (Wildman–Crippen MR) is 38.4 cm³/mol. The van der Waals surface area contributed by atoms with Gasteiger partial charge in [-0.05, 0) is 17.3 Å². The Morgan fingerprint density at radius 2 is 2.22 bits per heavy atom. The maximum absolute atomic E-state index is 5.98. The van der Waals surface area contributed by atoms with Crippen molar-refractivity contribution < 1.29 is 0 Å². The molecule has 2 heteroatoms. The Kier molecular flexibility index (Phi) is 0.970. The molecular formula is C7H12ClN. The second-order valence-corrected chi connectivity index (χ2v) is 4.23. The number of rotatable bonds is 0. The number of hydrogen-bond donors (Lipinski definition) is 1. The van der Waals surface area contributed by atoms with E-state index in [0.717, 1.165) is 18.4 Å². The summed E-state index contributed by atoms with van der Waals surface area (Å²) in [5.74, 6) is 1.61. The number of alkyl halides is 1. The summed E-state index contributed by atoms with van der Waals surface area (Å²) in [6.45, 7) is 5.74. The van der Waals surface area contributed by atoms with Crippen LogP contribution in [-0.2, 0) is 0 Å². The number of nitrogens with one attached hydrogen (secondary N) is 1. The molecule has 0 bridgehead atoms. The third kappa shape index (κ3) is 0.596. The van der Waals surface area contributed by atoms with Crippen LogP contribution >= 0.6 is 11.6 Å². The Hall–Kier alpha value is 0.250. The Balaban J connectivity index is 2.14. The van der Waals surface area contributed by atoms with Crippen LogP contribution in [0.4, 0.5) is 0 Å². The van der Waals surface area contributed by atoms with Crippen LogP contribution in [0.5, 0.6) is 0 Å². The van der Waals surface area contributed by atoms with E-state index >= 15 is 0 Å². The van der Waals surface area contributed by atoms with Gasteiger partial charge in [0.2, 0.25) is 0 Å². The van der Waals surface area contributed by atoms with Gasteiger partial charge in [-0.15, -0.1) is 11.6 Å². The third-order valence-electron chi connectivity index (χ3n) is 2.99. The van der Waals surface area contributed by atoms with Gasteiger partial charge in [0.1, 0.15) is 0 Å². The molecule has 1 aliphatic carbocycles. The standard InChI is InChI=1S/C7H12ClN/c1-7(2)4-3-9-6(8)5(4)7/h4-6,9H,3H2,1-2H3. The largest absolute Gasteiger partial charge is 0.301 e. The smallest absolute Gasteiger partial charge is 0.0862 e. The molecule has 0 radical (unpaired) electrons. The molecule has 9 heavy (non-hydrogen) atoms. The predicted octanol–water partition coefficient (Wildman–Crippen LogP) is 1.43. The van der Waals surface area contributed by atoms with E-state index < -0.39 is 0 Å². The van der Waals surface area contributed by atoms with Crippen molar-refractivity contribution in [2.45, 2.75) is 19.3 Å². The zero-order chi connectivity index (χ0) is 6.65. The summed E-state index contributed by atoms with van der Waals surface area (Å²) in [6.07, 6.45) is 0. The molecule has 1 nitrogen and oxygen atoms in total. The summed E-state index contributed by atoms with van der Waals surface area (Å²) < 4.78 is 0. The van der Waals surface area contributed by atoms with Crippen molar-refractivity contribution >= 4 is 11.6 Å². The highest BCUT2D eigenvalue weighted by Crippen LogP contribution is 2.62. The summed E-state index contributed by atoms with van der Waals surface area (Å²) in [6, 6.07) is 0. The maximum Gasteiger partial charge on any atom is 0.0862 e. The number of fused-ring (bicyclic) bond motifs is 1. The van der Waals surface area contributed by atoms with Crippen LogP contribution in [0, 0.1) is 17.3 Å². The van der Waals surface area contributed by atoms with Gasteiger partial charge in [-0.3, -0.25) is 0 Å². The molecule has 52 valence electrons. The first-order valence-electron chi connectivity index (χ1n) is 3.51. The minimum atomic E-state index is 0.255. The molecule has 0 spiro atoms. The van der Waals surface area contributed by atoms with Crippen LogP contribution in [0.2, 0.25) is 0 Å². The molecule has 2 fully saturated rings. The van der Waals surface area contributed by atoms with Crippen molar-refractivity contribution in [3.63, 3.8) is 0 Å². The van der Waals surface area contributed by atoms with E-state index in [4.69, 9.17) is 11.6 Å². The lowest BCUT2D eigenvalue weighted by atomic mass is 10.1. The molecular weight excluding hydrogens is 134 g/mol. The first-order valence-corrected chi connectivity index (χ1v) is 3.95. The zero-order valence-corrected chi connectivity index (χ0v) is 6.57. The second kappa shape index (κ2) is 1.46. The fourth-order valence-corrected chi connectivity index (χ4v) is 2.71. The average Bonchev–Trinajstić information content (AvgIpc) is 2.19. The minimum Gasteiger partial charge on any atom is -0.301 e. The lowest BCUT2D eigenvalue weighted by Crippen LogP contribution is -2.25. The molecule has 2 rings (SSSR count). The summed E-state index contributed by atoms with van der Waals surface area (Å²) in [5.41, 5.74) is 0.794. The zero-order valence-electron chi connectivity index (χ0n) is 5.82. The first kappa shape index (κ1) is 5.99. The van der Waals surface area contributed by atoms with Gasteiger partial charge in [-0.2, -0.15) is 0 Å². The van der Waals surface area contributed by atoms with E-state index in [1.54, 1.807) is 0 Å². The van der Waals surface area contributed by atoms with Crippen LogP contribution in [0.1, 0.15) is 13.8 Å². The summed E-state index contributed by atoms with van der Waals surface area (Å²) >= 11 is 5.98. The monoisotopic (exact) mass is 145 g/mol. The van der Waals surface area contributed by atoms with E-state index in [0.29, 0.717) is 5.41 Å². The van der Waals surface area contributed by atoms with Gasteiger partial charge in [-0.25, -0.2) is 0 Å². The number of hydrogen-bond acceptors (Lipinski definition) is 1. The summed E-state index contributed by atoms with van der Waals surface area (Å²) in [4.78, 5) is 0. The quantitative estimate of drug-likeness (QED) is 0.402. The Bertz CT molecular complexity index is 144. The van der Waals surface area contributed by atoms with Crippen molar-refractivity contribution in [1.29, 1.82) is 0 Å². The van der Waals surface area contributed by atoms with Gasteiger partial charge >= 0.3 is 0 Å². The van der Waals surface area contributed by atoms with Crippen molar-refractivity contribution in [3.05, 3.63) is 0 Å². The highest BCUT2D eigenvalue weighted by atomic mass is 35.5. The van der Waals surface area contributed by atoms with Crippen molar-refractivity contribution in [1.82, 2.24) is 5.32 Å². The lowest BCUT2D eigenvalue weighted by molar-refractivity contribution is 0.456. The van der Waals surface area contributed by atoms with E-state index in [9.17, 15) is 0 Å². The van der Waals surface area contributed by atoms with Crippen LogP contribution in [0.25, 0.3) is 0 Å². The Morgan fingerprint density at radius 1 is 1.56 bits per heavy atom. The van der Waals surface area contributed by atoms with E-state index in [1.165, 1.54) is 0 Å². The third-order valence-corrected chi connectivity index (χ3v) is 3.41. The highest BCUT2D eigenvalue weighted by Gasteiger charge is 2.63. The molecule has 1 aliphatic heterocycles. The van der Waals surface area contributed by atoms with E-state index in [-0.39, 0.29) is 5.50 Å². The molecule has 0 amide bonds. The molecule has 3 unspecified atom stereocenters. The minimum absolute atomic E-state index is 0.255. The number of halogens is 1. The van der Waals surface area contributed by atoms with E-state index in [1.807, 2.05) is 0 Å². The molecule has 0 aromatic carbocycles. The SMILES string of the molecule is CC1(C)C2CNC(Cl)C21. The first-order chi connectivity index (χ1) is 4.14. The normalized spacial score (nSPS) is 53.0. The summed E-state index contributed by atoms with van der Waals surface area (Å²) in [5, 5.41) is 3.24. The molecule has 3 atom stereocenters. The average molecular weight is 146 g/mol. The van der Waals surface area contributed by atoms with Crippen molar-refractivity contribution in [3.8, 4) is 0 Å². The molecule has 1 heterocycles. The van der Waals surface area contributed by atoms with Gasteiger partial charge in [0, 0.05) is 6.54 Å². The van der Waals surface area contributed by atoms with Crippen molar-refractivity contribution in [2.24, 2.45) is 17.3 Å². The Labute approximate surface area is 60.8 Å². The molecule has 2 aliphatic rings. The van der Waals surface area contributed by atoms with Crippen LogP contribution < -0.4 is 5.32 Å². The molecule has 1 saturated heterocycles. The molecule has 1 saturated carbocycles. The second-order valence-electron chi connectivity index (χ2n) is 3.76. The fraction of sp³-hybridized carbons (Fsp3) is 1.00. The van der Waals surface area contributed by atoms with Gasteiger partial charge in [0.15, 0.2) is 0 Å². The van der Waals surface area contributed by atoms with Crippen LogP contribution in [0.15, 0.2) is 0 Å². The summed E-state index contributed by atoms with van der Waals surface area (Å²) in [7, 11) is 0. The highest BCUT2D eigenvalue weighted by molar-refractivity contribution is 6.21.